The first-order chi connectivity index (χ1) is 14.5. The highest BCUT2D eigenvalue weighted by Crippen LogP contribution is 2.31. The van der Waals surface area contributed by atoms with Gasteiger partial charge in [0, 0.05) is 25.3 Å². The smallest absolute Gasteiger partial charge is 0.310 e. The van der Waals surface area contributed by atoms with E-state index in [1.54, 1.807) is 0 Å². The molecule has 1 aliphatic heterocycles. The van der Waals surface area contributed by atoms with Gasteiger partial charge in [0.1, 0.15) is 12.2 Å². The summed E-state index contributed by atoms with van der Waals surface area (Å²) in [7, 11) is 2.16. The van der Waals surface area contributed by atoms with Gasteiger partial charge in [-0.2, -0.15) is 4.37 Å². The molecular formula is C23H40N3O3S+. The maximum Gasteiger partial charge on any atom is 0.310 e. The maximum atomic E-state index is 12.3. The predicted molar refractivity (Wildman–Crippen MR) is 122 cm³/mol. The molecule has 1 unspecified atom stereocenters. The SMILES string of the molecule is CCCCCCOc1nsnc1C1=CCC[N+](C)([C@@H](C)OC(=O)CCCCCC)C1. The topological polar surface area (TPSA) is 61.3 Å². The van der Waals surface area contributed by atoms with E-state index in [-0.39, 0.29) is 12.2 Å². The van der Waals surface area contributed by atoms with Crippen LogP contribution in [-0.4, -0.2) is 52.2 Å². The fraction of sp³-hybridized carbons (Fsp3) is 0.783. The number of quaternary nitrogens is 1. The summed E-state index contributed by atoms with van der Waals surface area (Å²) in [5.74, 6) is 0.567. The standard InChI is InChI=1S/C23H40N3O3S/c1-5-7-9-11-15-21(27)29-19(3)26(4)16-13-14-20(18-26)22-23(25-30-24-22)28-17-12-10-8-6-2/h14,19H,5-13,15-18H2,1-4H3/q+1/t19-,26?/m1/s1. The minimum atomic E-state index is -0.183. The number of hydrogen-bond donors (Lipinski definition) is 0. The number of nitrogens with zero attached hydrogens (tertiary/aromatic N) is 3. The number of carbonyl (C=O) groups excluding carboxylic acids is 1. The molecule has 30 heavy (non-hydrogen) atoms. The molecule has 0 saturated carbocycles. The van der Waals surface area contributed by atoms with Crippen LogP contribution in [0.3, 0.4) is 0 Å². The van der Waals surface area contributed by atoms with Gasteiger partial charge >= 0.3 is 5.97 Å². The van der Waals surface area contributed by atoms with Crippen molar-refractivity contribution in [1.29, 1.82) is 0 Å². The molecule has 1 aromatic rings. The zero-order valence-corrected chi connectivity index (χ0v) is 20.1. The molecule has 7 heteroatoms. The third kappa shape index (κ3) is 7.65. The summed E-state index contributed by atoms with van der Waals surface area (Å²) >= 11 is 1.20. The monoisotopic (exact) mass is 438 g/mol. The molecule has 0 radical (unpaired) electrons. The van der Waals surface area contributed by atoms with Crippen molar-refractivity contribution in [2.75, 3.05) is 26.7 Å². The zero-order chi connectivity index (χ0) is 21.8. The number of unbranched alkanes of at least 4 members (excludes halogenated alkanes) is 6. The van der Waals surface area contributed by atoms with Gasteiger partial charge < -0.3 is 9.47 Å². The summed E-state index contributed by atoms with van der Waals surface area (Å²) in [4.78, 5) is 12.3. The average Bonchev–Trinajstić information content (AvgIpc) is 3.20. The molecule has 0 fully saturated rings. The van der Waals surface area contributed by atoms with E-state index in [2.05, 4.69) is 35.7 Å². The van der Waals surface area contributed by atoms with Crippen LogP contribution in [0.1, 0.15) is 90.7 Å². The van der Waals surface area contributed by atoms with Gasteiger partial charge in [-0.25, -0.2) is 0 Å². The minimum Gasteiger partial charge on any atom is -0.475 e. The van der Waals surface area contributed by atoms with E-state index in [1.807, 2.05) is 6.92 Å². The molecular weight excluding hydrogens is 398 g/mol. The van der Waals surface area contributed by atoms with Gasteiger partial charge in [0.25, 0.3) is 5.88 Å². The van der Waals surface area contributed by atoms with Gasteiger partial charge in [-0.3, -0.25) is 9.28 Å². The lowest BCUT2D eigenvalue weighted by Gasteiger charge is -2.41. The summed E-state index contributed by atoms with van der Waals surface area (Å²) < 4.78 is 21.3. The van der Waals surface area contributed by atoms with Crippen molar-refractivity contribution in [3.63, 3.8) is 0 Å². The molecule has 0 amide bonds. The van der Waals surface area contributed by atoms with Crippen LogP contribution in [0.2, 0.25) is 0 Å². The zero-order valence-electron chi connectivity index (χ0n) is 19.3. The predicted octanol–water partition coefficient (Wildman–Crippen LogP) is 5.59. The van der Waals surface area contributed by atoms with E-state index in [0.29, 0.717) is 23.4 Å². The Morgan fingerprint density at radius 2 is 1.87 bits per heavy atom. The summed E-state index contributed by atoms with van der Waals surface area (Å²) in [6.45, 7) is 8.79. The molecule has 0 spiro atoms. The molecule has 1 aliphatic rings. The normalized spacial score (nSPS) is 19.9. The third-order valence-corrected chi connectivity index (χ3v) is 6.49. The highest BCUT2D eigenvalue weighted by molar-refractivity contribution is 6.99. The van der Waals surface area contributed by atoms with Crippen molar-refractivity contribution < 1.29 is 18.8 Å². The van der Waals surface area contributed by atoms with Gasteiger partial charge in [0.05, 0.1) is 31.9 Å². The Bertz CT molecular complexity index is 676. The molecule has 170 valence electrons. The van der Waals surface area contributed by atoms with E-state index in [0.717, 1.165) is 50.0 Å². The molecule has 2 heterocycles. The van der Waals surface area contributed by atoms with E-state index < -0.39 is 0 Å². The summed E-state index contributed by atoms with van der Waals surface area (Å²) in [5.41, 5.74) is 2.00. The Hall–Kier alpha value is -1.47. The Morgan fingerprint density at radius 1 is 1.13 bits per heavy atom. The van der Waals surface area contributed by atoms with Gasteiger partial charge in [-0.1, -0.05) is 58.4 Å². The molecule has 2 rings (SSSR count). The Morgan fingerprint density at radius 3 is 2.60 bits per heavy atom. The summed E-state index contributed by atoms with van der Waals surface area (Å²) in [6, 6.07) is 0. The third-order valence-electron chi connectivity index (χ3n) is 5.98. The van der Waals surface area contributed by atoms with E-state index >= 15 is 0 Å². The Kier molecular flexibility index (Phi) is 10.8. The largest absolute Gasteiger partial charge is 0.475 e. The summed E-state index contributed by atoms with van der Waals surface area (Å²) in [5, 5.41) is 0. The number of ether oxygens (including phenoxy) is 2. The first-order valence-corrected chi connectivity index (χ1v) is 12.4. The van der Waals surface area contributed by atoms with Gasteiger partial charge in [-0.05, 0) is 12.8 Å². The molecule has 0 saturated heterocycles. The summed E-state index contributed by atoms with van der Waals surface area (Å²) in [6.07, 6.45) is 12.5. The van der Waals surface area contributed by atoms with Crippen LogP contribution in [0.5, 0.6) is 5.88 Å². The second kappa shape index (κ2) is 13.1. The first-order valence-electron chi connectivity index (χ1n) is 11.7. The van der Waals surface area contributed by atoms with Crippen LogP contribution in [0.4, 0.5) is 0 Å². The Balaban J connectivity index is 1.90. The fourth-order valence-electron chi connectivity index (χ4n) is 3.79. The van der Waals surface area contributed by atoms with Gasteiger partial charge in [-0.15, -0.1) is 4.37 Å². The number of aromatic nitrogens is 2. The second-order valence-corrected chi connectivity index (χ2v) is 9.13. The van der Waals surface area contributed by atoms with Crippen LogP contribution in [0.15, 0.2) is 6.08 Å². The number of esters is 1. The van der Waals surface area contributed by atoms with Gasteiger partial charge in [0.2, 0.25) is 6.23 Å². The van der Waals surface area contributed by atoms with Crippen molar-refractivity contribution in [1.82, 2.24) is 8.75 Å². The lowest BCUT2D eigenvalue weighted by atomic mass is 10.0. The lowest BCUT2D eigenvalue weighted by Crippen LogP contribution is -2.55. The van der Waals surface area contributed by atoms with E-state index in [1.165, 1.54) is 43.8 Å². The van der Waals surface area contributed by atoms with Crippen LogP contribution in [-0.2, 0) is 9.53 Å². The molecule has 0 aliphatic carbocycles. The van der Waals surface area contributed by atoms with Crippen molar-refractivity contribution >= 4 is 23.3 Å². The first kappa shape index (κ1) is 24.8. The molecule has 0 N–H and O–H groups in total. The minimum absolute atomic E-state index is 0.0829. The van der Waals surface area contributed by atoms with Crippen LogP contribution < -0.4 is 4.74 Å². The number of likely N-dealkylation sites (N-methyl/N-ethyl adjacent to an activating group) is 1. The fourth-order valence-corrected chi connectivity index (χ4v) is 4.32. The molecule has 1 aromatic heterocycles. The number of hydrogen-bond acceptors (Lipinski definition) is 6. The molecule has 0 bridgehead atoms. The number of carbonyl (C=O) groups is 1. The van der Waals surface area contributed by atoms with E-state index in [9.17, 15) is 4.79 Å². The molecule has 6 nitrogen and oxygen atoms in total. The van der Waals surface area contributed by atoms with Crippen LogP contribution in [0.25, 0.3) is 5.57 Å². The number of rotatable bonds is 14. The van der Waals surface area contributed by atoms with Crippen molar-refractivity contribution in [3.8, 4) is 5.88 Å². The Labute approximate surface area is 186 Å². The highest BCUT2D eigenvalue weighted by Gasteiger charge is 2.36. The molecule has 2 atom stereocenters. The highest BCUT2D eigenvalue weighted by atomic mass is 32.1. The van der Waals surface area contributed by atoms with Crippen molar-refractivity contribution in [3.05, 3.63) is 11.8 Å². The van der Waals surface area contributed by atoms with Crippen molar-refractivity contribution in [2.45, 2.75) is 91.2 Å². The van der Waals surface area contributed by atoms with E-state index in [4.69, 9.17) is 9.47 Å². The van der Waals surface area contributed by atoms with Crippen LogP contribution in [0, 0.1) is 0 Å². The van der Waals surface area contributed by atoms with Crippen molar-refractivity contribution in [2.24, 2.45) is 0 Å². The van der Waals surface area contributed by atoms with Gasteiger partial charge in [0.15, 0.2) is 0 Å². The lowest BCUT2D eigenvalue weighted by molar-refractivity contribution is -0.944. The van der Waals surface area contributed by atoms with Crippen LogP contribution >= 0.6 is 11.7 Å². The maximum absolute atomic E-state index is 12.3. The molecule has 0 aromatic carbocycles. The second-order valence-electron chi connectivity index (χ2n) is 8.61. The average molecular weight is 439 g/mol. The quantitative estimate of drug-likeness (QED) is 0.215.